The molecular weight excluding hydrogens is 453 g/mol. The molecule has 1 amide bonds. The van der Waals surface area contributed by atoms with E-state index >= 15 is 0 Å². The average molecular weight is 485 g/mol. The third-order valence-electron chi connectivity index (χ3n) is 6.06. The van der Waals surface area contributed by atoms with Gasteiger partial charge in [0.1, 0.15) is 0 Å². The largest absolute Gasteiger partial charge is 0.416 e. The highest BCUT2D eigenvalue weighted by atomic mass is 19.4. The summed E-state index contributed by atoms with van der Waals surface area (Å²) < 4.78 is 40.7. The van der Waals surface area contributed by atoms with Gasteiger partial charge < -0.3 is 4.57 Å². The number of halogens is 3. The smallest absolute Gasteiger partial charge is 0.309 e. The van der Waals surface area contributed by atoms with E-state index in [1.54, 1.807) is 29.7 Å². The molecule has 1 saturated carbocycles. The monoisotopic (exact) mass is 484 g/mol. The van der Waals surface area contributed by atoms with Crippen molar-refractivity contribution in [2.45, 2.75) is 66.1 Å². The van der Waals surface area contributed by atoms with Crippen LogP contribution in [0.2, 0.25) is 0 Å². The number of carbonyl (C=O) groups excluding carboxylic acids is 1. The topological polar surface area (TPSA) is 42.3 Å². The normalized spacial score (nSPS) is 13.9. The number of benzene rings is 2. The lowest BCUT2D eigenvalue weighted by atomic mass is 10.0. The lowest BCUT2D eigenvalue weighted by molar-refractivity contribution is -0.137. The molecule has 3 aromatic rings. The van der Waals surface area contributed by atoms with Gasteiger partial charge in [-0.1, -0.05) is 32.1 Å². The second kappa shape index (κ2) is 10.5. The Morgan fingerprint density at radius 2 is 1.71 bits per heavy atom. The standard InChI is InChI=1S/C26H25F3N2O2.C2H6/c1-4-23(18-8-10-19(11-9-18)26(27,28)29)31(16(3)32)20-12-13-24-22(14-20)21(17-6-7-17)15-25(33)30(24)5-2;1-2/h4,8-15,17H,5-7H2,1-3H3;1-2H3/b23-4-;. The first-order chi connectivity index (χ1) is 16.7. The van der Waals surface area contributed by atoms with Crippen molar-refractivity contribution in [2.75, 3.05) is 4.90 Å². The van der Waals surface area contributed by atoms with E-state index in [1.165, 1.54) is 24.0 Å². The maximum absolute atomic E-state index is 13.0. The summed E-state index contributed by atoms with van der Waals surface area (Å²) in [5, 5.41) is 0.922. The van der Waals surface area contributed by atoms with E-state index in [4.69, 9.17) is 0 Å². The van der Waals surface area contributed by atoms with Crippen LogP contribution in [0.5, 0.6) is 0 Å². The lowest BCUT2D eigenvalue weighted by Gasteiger charge is -2.26. The summed E-state index contributed by atoms with van der Waals surface area (Å²) in [4.78, 5) is 26.8. The fraction of sp³-hybridized carbons (Fsp3) is 0.357. The first kappa shape index (κ1) is 26.3. The Labute approximate surface area is 203 Å². The van der Waals surface area contributed by atoms with Gasteiger partial charge in [0, 0.05) is 30.6 Å². The minimum Gasteiger partial charge on any atom is -0.309 e. The quantitative estimate of drug-likeness (QED) is 0.380. The summed E-state index contributed by atoms with van der Waals surface area (Å²) >= 11 is 0. The molecule has 1 aliphatic rings. The van der Waals surface area contributed by atoms with E-state index in [0.717, 1.165) is 41.4 Å². The van der Waals surface area contributed by atoms with Crippen molar-refractivity contribution in [1.29, 1.82) is 0 Å². The van der Waals surface area contributed by atoms with Gasteiger partial charge in [0.25, 0.3) is 5.56 Å². The number of nitrogens with zero attached hydrogens (tertiary/aromatic N) is 2. The fourth-order valence-corrected chi connectivity index (χ4v) is 4.34. The van der Waals surface area contributed by atoms with E-state index in [0.29, 0.717) is 29.4 Å². The van der Waals surface area contributed by atoms with Crippen molar-refractivity contribution >= 4 is 28.2 Å². The molecule has 0 atom stereocenters. The molecular formula is C28H31F3N2O2. The number of allylic oxidation sites excluding steroid dienone is 1. The first-order valence-corrected chi connectivity index (χ1v) is 12.0. The van der Waals surface area contributed by atoms with Crippen LogP contribution < -0.4 is 10.5 Å². The second-order valence-corrected chi connectivity index (χ2v) is 8.26. The maximum atomic E-state index is 13.0. The minimum atomic E-state index is -4.43. The van der Waals surface area contributed by atoms with E-state index in [2.05, 4.69) is 0 Å². The molecule has 1 heterocycles. The molecule has 7 heteroatoms. The number of hydrogen-bond acceptors (Lipinski definition) is 2. The molecule has 1 fully saturated rings. The summed E-state index contributed by atoms with van der Waals surface area (Å²) in [6.07, 6.45) is -0.668. The molecule has 0 spiro atoms. The van der Waals surface area contributed by atoms with Gasteiger partial charge in [0.15, 0.2) is 0 Å². The van der Waals surface area contributed by atoms with Crippen LogP contribution in [-0.4, -0.2) is 10.5 Å². The van der Waals surface area contributed by atoms with Crippen molar-refractivity contribution in [1.82, 2.24) is 4.57 Å². The molecule has 0 aliphatic heterocycles. The van der Waals surface area contributed by atoms with Crippen molar-refractivity contribution in [3.05, 3.63) is 81.7 Å². The number of aryl methyl sites for hydroxylation is 1. The van der Waals surface area contributed by atoms with Crippen LogP contribution in [0.4, 0.5) is 18.9 Å². The third kappa shape index (κ3) is 5.34. The number of amides is 1. The fourth-order valence-electron chi connectivity index (χ4n) is 4.34. The number of aromatic nitrogens is 1. The zero-order chi connectivity index (χ0) is 25.9. The molecule has 4 nitrogen and oxygen atoms in total. The SMILES string of the molecule is C/C=C(/c1ccc(C(F)(F)F)cc1)N(C(C)=O)c1ccc2c(c1)c(C1CC1)cc(=O)n2CC.CC. The van der Waals surface area contributed by atoms with Crippen LogP contribution >= 0.6 is 0 Å². The van der Waals surface area contributed by atoms with Crippen molar-refractivity contribution in [2.24, 2.45) is 0 Å². The molecule has 0 bridgehead atoms. The van der Waals surface area contributed by atoms with Crippen LogP contribution in [0.1, 0.15) is 70.1 Å². The summed E-state index contributed by atoms with van der Waals surface area (Å²) in [5.74, 6) is 0.0722. The van der Waals surface area contributed by atoms with Gasteiger partial charge in [0.05, 0.1) is 16.8 Å². The highest BCUT2D eigenvalue weighted by Gasteiger charge is 2.31. The third-order valence-corrected chi connectivity index (χ3v) is 6.06. The van der Waals surface area contributed by atoms with E-state index in [1.807, 2.05) is 32.9 Å². The highest BCUT2D eigenvalue weighted by Crippen LogP contribution is 2.43. The second-order valence-electron chi connectivity index (χ2n) is 8.26. The van der Waals surface area contributed by atoms with Crippen LogP contribution in [0.25, 0.3) is 16.6 Å². The van der Waals surface area contributed by atoms with Gasteiger partial charge in [0.2, 0.25) is 5.91 Å². The van der Waals surface area contributed by atoms with Gasteiger partial charge in [-0.05, 0) is 74.1 Å². The number of anilines is 1. The zero-order valence-corrected chi connectivity index (χ0v) is 20.7. The molecule has 1 aromatic heterocycles. The summed E-state index contributed by atoms with van der Waals surface area (Å²) in [7, 11) is 0. The molecule has 4 rings (SSSR count). The number of pyridine rings is 1. The number of alkyl halides is 3. The predicted molar refractivity (Wildman–Crippen MR) is 135 cm³/mol. The van der Waals surface area contributed by atoms with Gasteiger partial charge in [-0.3, -0.25) is 14.5 Å². The number of carbonyl (C=O) groups is 1. The van der Waals surface area contributed by atoms with Crippen molar-refractivity contribution < 1.29 is 18.0 Å². The predicted octanol–water partition coefficient (Wildman–Crippen LogP) is 7.36. The van der Waals surface area contributed by atoms with Crippen LogP contribution in [0.15, 0.2) is 59.4 Å². The summed E-state index contributed by atoms with van der Waals surface area (Å²) in [6.45, 7) is 9.61. The van der Waals surface area contributed by atoms with E-state index in [-0.39, 0.29) is 11.5 Å². The van der Waals surface area contributed by atoms with Gasteiger partial charge in [-0.25, -0.2) is 0 Å². The molecule has 186 valence electrons. The van der Waals surface area contributed by atoms with Gasteiger partial charge in [-0.2, -0.15) is 13.2 Å². The van der Waals surface area contributed by atoms with Gasteiger partial charge in [-0.15, -0.1) is 0 Å². The Morgan fingerprint density at radius 3 is 2.20 bits per heavy atom. The Morgan fingerprint density at radius 1 is 1.09 bits per heavy atom. The maximum Gasteiger partial charge on any atom is 0.416 e. The summed E-state index contributed by atoms with van der Waals surface area (Å²) in [6, 6.07) is 12.0. The number of rotatable bonds is 5. The van der Waals surface area contributed by atoms with Crippen LogP contribution in [-0.2, 0) is 17.5 Å². The Bertz CT molecular complexity index is 1300. The Hall–Kier alpha value is -3.35. The average Bonchev–Trinajstić information content (AvgIpc) is 3.68. The molecule has 0 saturated heterocycles. The first-order valence-electron chi connectivity index (χ1n) is 12.0. The number of fused-ring (bicyclic) bond motifs is 1. The van der Waals surface area contributed by atoms with Crippen molar-refractivity contribution in [3.8, 4) is 0 Å². The molecule has 0 N–H and O–H groups in total. The van der Waals surface area contributed by atoms with Gasteiger partial charge >= 0.3 is 6.18 Å². The van der Waals surface area contributed by atoms with E-state index in [9.17, 15) is 22.8 Å². The Balaban J connectivity index is 0.00000167. The zero-order valence-electron chi connectivity index (χ0n) is 20.7. The number of hydrogen-bond donors (Lipinski definition) is 0. The molecule has 0 radical (unpaired) electrons. The lowest BCUT2D eigenvalue weighted by Crippen LogP contribution is -2.27. The summed E-state index contributed by atoms with van der Waals surface area (Å²) in [5.41, 5.74) is 2.62. The molecule has 1 aliphatic carbocycles. The van der Waals surface area contributed by atoms with Crippen LogP contribution in [0.3, 0.4) is 0 Å². The molecule has 35 heavy (non-hydrogen) atoms. The van der Waals surface area contributed by atoms with E-state index < -0.39 is 11.7 Å². The Kier molecular flexibility index (Phi) is 7.88. The molecule has 2 aromatic carbocycles. The molecule has 0 unspecified atom stereocenters. The van der Waals surface area contributed by atoms with Crippen LogP contribution in [0, 0.1) is 0 Å². The minimum absolute atomic E-state index is 0.0398. The highest BCUT2D eigenvalue weighted by molar-refractivity contribution is 6.06. The van der Waals surface area contributed by atoms with Crippen molar-refractivity contribution in [3.63, 3.8) is 0 Å².